The van der Waals surface area contributed by atoms with Gasteiger partial charge >= 0.3 is 0 Å². The summed E-state index contributed by atoms with van der Waals surface area (Å²) in [6.45, 7) is 2.91. The number of rotatable bonds is 4. The van der Waals surface area contributed by atoms with Crippen molar-refractivity contribution < 1.29 is 8.94 Å². The molecule has 2 aromatic rings. The van der Waals surface area contributed by atoms with Crippen LogP contribution in [0.2, 0.25) is 0 Å². The molecule has 0 saturated carbocycles. The van der Waals surface area contributed by atoms with Crippen molar-refractivity contribution in [3.8, 4) is 0 Å². The molecular formula is C8H10N4O2. The second-order valence-electron chi connectivity index (χ2n) is 2.81. The van der Waals surface area contributed by atoms with Gasteiger partial charge in [-0.3, -0.25) is 0 Å². The molecule has 0 aliphatic carbocycles. The van der Waals surface area contributed by atoms with Gasteiger partial charge in [0, 0.05) is 0 Å². The molecule has 0 radical (unpaired) electrons. The molecular weight excluding hydrogens is 184 g/mol. The highest BCUT2D eigenvalue weighted by Gasteiger charge is 2.02. The van der Waals surface area contributed by atoms with Gasteiger partial charge in [-0.15, -0.1) is 0 Å². The van der Waals surface area contributed by atoms with Gasteiger partial charge in [0.2, 0.25) is 5.89 Å². The van der Waals surface area contributed by atoms with Crippen LogP contribution >= 0.6 is 0 Å². The number of oxazole rings is 1. The van der Waals surface area contributed by atoms with E-state index in [2.05, 4.69) is 20.4 Å². The van der Waals surface area contributed by atoms with Crippen LogP contribution in [0.1, 0.15) is 17.5 Å². The van der Waals surface area contributed by atoms with E-state index in [-0.39, 0.29) is 0 Å². The Hall–Kier alpha value is -1.69. The largest absolute Gasteiger partial charge is 0.447 e. The van der Waals surface area contributed by atoms with Crippen LogP contribution in [0, 0.1) is 6.92 Å². The third-order valence-corrected chi connectivity index (χ3v) is 1.63. The van der Waals surface area contributed by atoms with Gasteiger partial charge in [-0.05, 0) is 6.92 Å². The molecule has 0 spiro atoms. The minimum Gasteiger partial charge on any atom is -0.447 e. The molecule has 0 amide bonds. The Labute approximate surface area is 80.3 Å². The Balaban J connectivity index is 1.78. The second kappa shape index (κ2) is 4.01. The van der Waals surface area contributed by atoms with E-state index in [4.69, 9.17) is 8.94 Å². The molecule has 0 aliphatic rings. The second-order valence-corrected chi connectivity index (χ2v) is 2.81. The van der Waals surface area contributed by atoms with E-state index in [1.165, 1.54) is 6.39 Å². The fourth-order valence-corrected chi connectivity index (χ4v) is 1.03. The number of nitrogens with zero attached hydrogens (tertiary/aromatic N) is 3. The zero-order valence-electron chi connectivity index (χ0n) is 7.73. The Morgan fingerprint density at radius 2 is 2.36 bits per heavy atom. The van der Waals surface area contributed by atoms with Crippen molar-refractivity contribution in [2.24, 2.45) is 0 Å². The van der Waals surface area contributed by atoms with Crippen molar-refractivity contribution >= 4 is 0 Å². The Bertz CT molecular complexity index is 382. The van der Waals surface area contributed by atoms with Crippen molar-refractivity contribution in [2.75, 3.05) is 0 Å². The first-order valence-electron chi connectivity index (χ1n) is 4.22. The molecule has 0 aromatic carbocycles. The van der Waals surface area contributed by atoms with E-state index in [0.717, 1.165) is 5.76 Å². The van der Waals surface area contributed by atoms with Crippen molar-refractivity contribution in [3.05, 3.63) is 30.1 Å². The van der Waals surface area contributed by atoms with Crippen LogP contribution in [0.4, 0.5) is 0 Å². The molecule has 2 rings (SSSR count). The summed E-state index contributed by atoms with van der Waals surface area (Å²) in [5.41, 5.74) is 0. The summed E-state index contributed by atoms with van der Waals surface area (Å²) in [6.07, 6.45) is 3.06. The lowest BCUT2D eigenvalue weighted by atomic mass is 10.5. The van der Waals surface area contributed by atoms with E-state index >= 15 is 0 Å². The lowest BCUT2D eigenvalue weighted by molar-refractivity contribution is 0.360. The van der Waals surface area contributed by atoms with E-state index in [1.54, 1.807) is 13.1 Å². The normalized spacial score (nSPS) is 10.6. The van der Waals surface area contributed by atoms with Gasteiger partial charge in [0.1, 0.15) is 5.76 Å². The first-order chi connectivity index (χ1) is 6.84. The molecule has 2 heterocycles. The lowest BCUT2D eigenvalue weighted by Crippen LogP contribution is -2.12. The van der Waals surface area contributed by atoms with E-state index in [0.29, 0.717) is 24.8 Å². The summed E-state index contributed by atoms with van der Waals surface area (Å²) in [4.78, 5) is 7.84. The highest BCUT2D eigenvalue weighted by Crippen LogP contribution is 1.98. The molecule has 0 unspecified atom stereocenters. The monoisotopic (exact) mass is 194 g/mol. The van der Waals surface area contributed by atoms with Gasteiger partial charge in [0.25, 0.3) is 0 Å². The van der Waals surface area contributed by atoms with Crippen LogP contribution in [0.25, 0.3) is 0 Å². The predicted molar refractivity (Wildman–Crippen MR) is 46.1 cm³/mol. The summed E-state index contributed by atoms with van der Waals surface area (Å²) >= 11 is 0. The maximum absolute atomic E-state index is 5.04. The fourth-order valence-electron chi connectivity index (χ4n) is 1.03. The Morgan fingerprint density at radius 1 is 1.43 bits per heavy atom. The number of hydrogen-bond donors (Lipinski definition) is 1. The highest BCUT2D eigenvalue weighted by atomic mass is 16.5. The number of aryl methyl sites for hydroxylation is 1. The standard InChI is InChI=1S/C8H10N4O2/c1-6-11-8(14-12-6)4-9-2-7-3-10-5-13-7/h3,5,9H,2,4H2,1H3. The minimum atomic E-state index is 0.529. The van der Waals surface area contributed by atoms with Gasteiger partial charge in [-0.25, -0.2) is 4.98 Å². The fraction of sp³-hybridized carbons (Fsp3) is 0.375. The molecule has 0 aliphatic heterocycles. The highest BCUT2D eigenvalue weighted by molar-refractivity contribution is 4.88. The average molecular weight is 194 g/mol. The SMILES string of the molecule is Cc1noc(CNCc2cnco2)n1. The summed E-state index contributed by atoms with van der Waals surface area (Å²) < 4.78 is 9.95. The quantitative estimate of drug-likeness (QED) is 0.770. The number of aromatic nitrogens is 3. The van der Waals surface area contributed by atoms with Crippen molar-refractivity contribution in [2.45, 2.75) is 20.0 Å². The van der Waals surface area contributed by atoms with Crippen molar-refractivity contribution in [1.29, 1.82) is 0 Å². The Morgan fingerprint density at radius 3 is 3.00 bits per heavy atom. The smallest absolute Gasteiger partial charge is 0.240 e. The van der Waals surface area contributed by atoms with Crippen LogP contribution in [0.15, 0.2) is 21.5 Å². The molecule has 74 valence electrons. The zero-order chi connectivity index (χ0) is 9.80. The van der Waals surface area contributed by atoms with Crippen molar-refractivity contribution in [1.82, 2.24) is 20.4 Å². The molecule has 1 N–H and O–H groups in total. The summed E-state index contributed by atoms with van der Waals surface area (Å²) in [5, 5.41) is 6.76. The topological polar surface area (TPSA) is 77.0 Å². The first kappa shape index (κ1) is 8.89. The maximum atomic E-state index is 5.04. The van der Waals surface area contributed by atoms with Crippen LogP contribution < -0.4 is 5.32 Å². The van der Waals surface area contributed by atoms with E-state index in [1.807, 2.05) is 0 Å². The van der Waals surface area contributed by atoms with Crippen LogP contribution in [-0.4, -0.2) is 15.1 Å². The molecule has 14 heavy (non-hydrogen) atoms. The van der Waals surface area contributed by atoms with Gasteiger partial charge < -0.3 is 14.3 Å². The van der Waals surface area contributed by atoms with Gasteiger partial charge in [-0.2, -0.15) is 4.98 Å². The average Bonchev–Trinajstić information content (AvgIpc) is 2.77. The Kier molecular flexibility index (Phi) is 2.55. The van der Waals surface area contributed by atoms with Crippen LogP contribution in [-0.2, 0) is 13.1 Å². The zero-order valence-corrected chi connectivity index (χ0v) is 7.73. The molecule has 6 nitrogen and oxygen atoms in total. The molecule has 2 aromatic heterocycles. The molecule has 0 atom stereocenters. The summed E-state index contributed by atoms with van der Waals surface area (Å²) in [7, 11) is 0. The maximum Gasteiger partial charge on any atom is 0.240 e. The van der Waals surface area contributed by atoms with E-state index in [9.17, 15) is 0 Å². The minimum absolute atomic E-state index is 0.529. The molecule has 0 saturated heterocycles. The third-order valence-electron chi connectivity index (χ3n) is 1.63. The number of hydrogen-bond acceptors (Lipinski definition) is 6. The van der Waals surface area contributed by atoms with Gasteiger partial charge in [0.15, 0.2) is 12.2 Å². The number of nitrogens with one attached hydrogen (secondary N) is 1. The van der Waals surface area contributed by atoms with Gasteiger partial charge in [0.05, 0.1) is 19.3 Å². The molecule has 0 bridgehead atoms. The van der Waals surface area contributed by atoms with Crippen LogP contribution in [0.5, 0.6) is 0 Å². The van der Waals surface area contributed by atoms with Crippen molar-refractivity contribution in [3.63, 3.8) is 0 Å². The van der Waals surface area contributed by atoms with E-state index < -0.39 is 0 Å². The third kappa shape index (κ3) is 2.17. The lowest BCUT2D eigenvalue weighted by Gasteiger charge is -1.96. The van der Waals surface area contributed by atoms with Gasteiger partial charge in [-0.1, -0.05) is 5.16 Å². The first-order valence-corrected chi connectivity index (χ1v) is 4.22. The molecule has 6 heteroatoms. The van der Waals surface area contributed by atoms with Crippen LogP contribution in [0.3, 0.4) is 0 Å². The predicted octanol–water partition coefficient (Wildman–Crippen LogP) is 0.656. The summed E-state index contributed by atoms with van der Waals surface area (Å²) in [5.74, 6) is 1.99. The molecule has 0 fully saturated rings. The summed E-state index contributed by atoms with van der Waals surface area (Å²) in [6, 6.07) is 0.